The van der Waals surface area contributed by atoms with E-state index in [1.807, 2.05) is 13.8 Å². The Kier molecular flexibility index (Phi) is 8.67. The Balaban J connectivity index is 0.000000212. The first kappa shape index (κ1) is 35.2. The molecule has 15 nitrogen and oxygen atoms in total. The van der Waals surface area contributed by atoms with Gasteiger partial charge in [0.25, 0.3) is 0 Å². The summed E-state index contributed by atoms with van der Waals surface area (Å²) in [5.41, 5.74) is 4.86. The van der Waals surface area contributed by atoms with Gasteiger partial charge in [-0.15, -0.1) is 25.3 Å². The highest BCUT2D eigenvalue weighted by atomic mass is 32.2. The van der Waals surface area contributed by atoms with E-state index in [-0.39, 0.29) is 24.2 Å². The van der Waals surface area contributed by atoms with Crippen LogP contribution in [0, 0.1) is 47.5 Å². The highest BCUT2D eigenvalue weighted by Gasteiger charge is 2.48. The molecule has 0 radical (unpaired) electrons. The van der Waals surface area contributed by atoms with E-state index in [1.165, 1.54) is 50.1 Å². The summed E-state index contributed by atoms with van der Waals surface area (Å²) in [4.78, 5) is 13.6. The van der Waals surface area contributed by atoms with Crippen LogP contribution in [-0.2, 0) is 30.9 Å². The van der Waals surface area contributed by atoms with E-state index in [4.69, 9.17) is 0 Å². The molecule has 0 amide bonds. The zero-order chi connectivity index (χ0) is 35.8. The van der Waals surface area contributed by atoms with Crippen LogP contribution in [-0.4, -0.2) is 59.9 Å². The van der Waals surface area contributed by atoms with Crippen LogP contribution in [0.3, 0.4) is 0 Å². The standard InChI is InChI=1S/C15H17N3O9S3.C15H15N3/c1-8-5-12-7-13-6-9(2)11(4)17(29(22,23)24)15(13)18(30(25,26)27)14(12)16(10(8)3)28(19,20)21;1-8-5-12-7-13-6-9(2)11(4)17-15(13)18-14(12)16-10(8)3/h5-8,10H,1-4H3;5-7H,1-4H3/p+3. The summed E-state index contributed by atoms with van der Waals surface area (Å²) in [6, 6.07) is 8.14. The molecule has 6 heterocycles. The van der Waals surface area contributed by atoms with Gasteiger partial charge in [0.05, 0.1) is 3.97 Å². The molecule has 2 unspecified atom stereocenters. The van der Waals surface area contributed by atoms with Gasteiger partial charge in [-0.05, 0) is 87.0 Å². The Morgan fingerprint density at radius 1 is 0.604 bits per heavy atom. The fraction of sp³-hybridized carbons (Fsp3) is 0.333. The Morgan fingerprint density at radius 2 is 1.08 bits per heavy atom. The molecule has 0 aliphatic carbocycles. The number of hydrogen-bond acceptors (Lipinski definition) is 9. The number of aryl methyl sites for hydroxylation is 5. The van der Waals surface area contributed by atoms with E-state index in [2.05, 4.69) is 47.0 Å². The van der Waals surface area contributed by atoms with Gasteiger partial charge < -0.3 is 0 Å². The maximum Gasteiger partial charge on any atom is 0.522 e. The highest BCUT2D eigenvalue weighted by molar-refractivity contribution is 7.84. The van der Waals surface area contributed by atoms with Crippen molar-refractivity contribution in [3.63, 3.8) is 0 Å². The third-order valence-electron chi connectivity index (χ3n) is 8.62. The molecule has 48 heavy (non-hydrogen) atoms. The molecular formula is C30H35N6O9S3+3. The molecule has 6 rings (SSSR count). The monoisotopic (exact) mass is 719 g/mol. The highest BCUT2D eigenvalue weighted by Crippen LogP contribution is 2.21. The predicted octanol–water partition coefficient (Wildman–Crippen LogP) is 0.858. The maximum absolute atomic E-state index is 12.4. The number of nitrogens with zero attached hydrogens (tertiary/aromatic N) is 6. The summed E-state index contributed by atoms with van der Waals surface area (Å²) in [5, 5.41) is 2.14. The summed E-state index contributed by atoms with van der Waals surface area (Å²) in [6.45, 7) is 14.0. The lowest BCUT2D eigenvalue weighted by Gasteiger charge is -2.14. The summed E-state index contributed by atoms with van der Waals surface area (Å²) >= 11 is 0. The Morgan fingerprint density at radius 3 is 1.54 bits per heavy atom. The molecular weight excluding hydrogens is 685 g/mol. The van der Waals surface area contributed by atoms with Crippen molar-refractivity contribution in [3.8, 4) is 0 Å². The minimum absolute atomic E-state index is 0.00786. The molecule has 3 N–H and O–H groups in total. The van der Waals surface area contributed by atoms with Crippen molar-refractivity contribution in [2.75, 3.05) is 0 Å². The maximum atomic E-state index is 12.4. The first-order valence-corrected chi connectivity index (χ1v) is 18.8. The summed E-state index contributed by atoms with van der Waals surface area (Å²) in [5.74, 6) is -0.480. The van der Waals surface area contributed by atoms with Crippen molar-refractivity contribution in [1.29, 1.82) is 0 Å². The van der Waals surface area contributed by atoms with Gasteiger partial charge in [-0.2, -0.15) is 0 Å². The van der Waals surface area contributed by atoms with E-state index in [0.29, 0.717) is 9.54 Å². The SMILES string of the molecule is Cc1cc2cc3c([n+](S(=O)(=O)O)c2[n+](S(=O)(=O)O)c1C)=[N+](S(=O)(=O)O)C(C)C(C)C=3.Cc1cc2cc3cc(C)c(C)nc3nc2nc1C. The smallest absolute Gasteiger partial charge is 0.233 e. The molecule has 1 aliphatic rings. The van der Waals surface area contributed by atoms with Crippen LogP contribution < -0.4 is 22.6 Å². The fourth-order valence-electron chi connectivity index (χ4n) is 5.67. The number of pyridine rings is 5. The van der Waals surface area contributed by atoms with E-state index < -0.39 is 54.0 Å². The summed E-state index contributed by atoms with van der Waals surface area (Å²) in [7, 11) is -15.5. The van der Waals surface area contributed by atoms with Crippen molar-refractivity contribution in [2.24, 2.45) is 5.92 Å². The number of aromatic nitrogens is 5. The van der Waals surface area contributed by atoms with E-state index in [9.17, 15) is 38.9 Å². The van der Waals surface area contributed by atoms with Crippen molar-refractivity contribution < 1.29 is 46.9 Å². The van der Waals surface area contributed by atoms with Crippen LogP contribution in [0.15, 0.2) is 30.3 Å². The molecule has 0 aromatic carbocycles. The quantitative estimate of drug-likeness (QED) is 0.135. The molecule has 0 bridgehead atoms. The molecule has 18 heteroatoms. The molecule has 0 fully saturated rings. The second-order valence-electron chi connectivity index (χ2n) is 12.0. The Bertz CT molecular complexity index is 2570. The molecule has 1 aliphatic heterocycles. The largest absolute Gasteiger partial charge is 0.522 e. The van der Waals surface area contributed by atoms with Crippen molar-refractivity contribution in [2.45, 2.75) is 61.4 Å². The molecule has 0 spiro atoms. The molecule has 0 saturated heterocycles. The van der Waals surface area contributed by atoms with Crippen molar-refractivity contribution in [3.05, 3.63) is 74.8 Å². The van der Waals surface area contributed by atoms with Crippen LogP contribution in [0.4, 0.5) is 0 Å². The Labute approximate surface area is 277 Å². The minimum atomic E-state index is -5.33. The fourth-order valence-corrected chi connectivity index (χ4v) is 8.50. The zero-order valence-corrected chi connectivity index (χ0v) is 29.8. The molecule has 0 saturated carbocycles. The third kappa shape index (κ3) is 6.26. The zero-order valence-electron chi connectivity index (χ0n) is 27.3. The topological polar surface area (TPSA) is 213 Å². The minimum Gasteiger partial charge on any atom is -0.233 e. The lowest BCUT2D eigenvalue weighted by molar-refractivity contribution is -0.620. The molecule has 254 valence electrons. The lowest BCUT2D eigenvalue weighted by atomic mass is 10.0. The molecule has 5 aromatic rings. The Hall–Kier alpha value is -4.07. The number of hydrogen-bond donors (Lipinski definition) is 3. The average Bonchev–Trinajstić information content (AvgIpc) is 2.92. The van der Waals surface area contributed by atoms with E-state index in [0.717, 1.165) is 33.5 Å². The van der Waals surface area contributed by atoms with Crippen LogP contribution >= 0.6 is 0 Å². The summed E-state index contributed by atoms with van der Waals surface area (Å²) in [6.07, 6.45) is 1.52. The second-order valence-corrected chi connectivity index (χ2v) is 15.8. The second kappa shape index (κ2) is 11.8. The van der Waals surface area contributed by atoms with Gasteiger partial charge in [0.1, 0.15) is 10.6 Å². The van der Waals surface area contributed by atoms with E-state index in [1.54, 1.807) is 6.92 Å². The average molecular weight is 720 g/mol. The molecule has 5 aromatic heterocycles. The number of fused-ring (bicyclic) bond motifs is 4. The van der Waals surface area contributed by atoms with Crippen LogP contribution in [0.25, 0.3) is 39.2 Å². The van der Waals surface area contributed by atoms with Gasteiger partial charge in [0, 0.05) is 44.5 Å². The van der Waals surface area contributed by atoms with Crippen molar-refractivity contribution >= 4 is 70.1 Å². The first-order chi connectivity index (χ1) is 22.0. The van der Waals surface area contributed by atoms with Gasteiger partial charge in [-0.3, -0.25) is 0 Å². The van der Waals surface area contributed by atoms with Gasteiger partial charge in [-0.25, -0.2) is 28.6 Å². The third-order valence-corrected chi connectivity index (χ3v) is 11.3. The van der Waals surface area contributed by atoms with Gasteiger partial charge in [-0.1, -0.05) is 13.0 Å². The summed E-state index contributed by atoms with van der Waals surface area (Å²) < 4.78 is 103. The van der Waals surface area contributed by atoms with Crippen molar-refractivity contribution in [1.82, 2.24) is 18.9 Å². The first-order valence-electron chi connectivity index (χ1n) is 14.6. The lowest BCUT2D eigenvalue weighted by Crippen LogP contribution is -2.73. The van der Waals surface area contributed by atoms with Gasteiger partial charge >= 0.3 is 42.0 Å². The van der Waals surface area contributed by atoms with Crippen LogP contribution in [0.2, 0.25) is 0 Å². The normalized spacial score (nSPS) is 16.9. The van der Waals surface area contributed by atoms with Crippen LogP contribution in [0.1, 0.15) is 47.6 Å². The number of rotatable bonds is 3. The predicted molar refractivity (Wildman–Crippen MR) is 177 cm³/mol. The molecule has 2 atom stereocenters. The van der Waals surface area contributed by atoms with Gasteiger partial charge in [0.15, 0.2) is 17.3 Å². The van der Waals surface area contributed by atoms with Crippen LogP contribution in [0.5, 0.6) is 0 Å². The van der Waals surface area contributed by atoms with Gasteiger partial charge in [0.2, 0.25) is 5.69 Å². The van der Waals surface area contributed by atoms with E-state index >= 15 is 0 Å².